The van der Waals surface area contributed by atoms with Crippen LogP contribution in [0.2, 0.25) is 5.02 Å². The average Bonchev–Trinajstić information content (AvgIpc) is 3.01. The molecule has 42 heavy (non-hydrogen) atoms. The van der Waals surface area contributed by atoms with Crippen molar-refractivity contribution in [3.8, 4) is 5.75 Å². The van der Waals surface area contributed by atoms with Gasteiger partial charge in [-0.2, -0.15) is 0 Å². The molecule has 214 valence electrons. The van der Waals surface area contributed by atoms with E-state index < -0.39 is 17.1 Å². The SMILES string of the molecule is CCC(Sc1cccc(NC(=O)/C(=C\c2ccccc2OC)NC(=O)c2ccccc2)c1)C(=O)Nc1ccccc1Cl. The number of ether oxygens (including phenoxy) is 1. The second kappa shape index (κ2) is 14.9. The smallest absolute Gasteiger partial charge is 0.272 e. The highest BCUT2D eigenvalue weighted by Crippen LogP contribution is 2.30. The van der Waals surface area contributed by atoms with Crippen molar-refractivity contribution in [2.24, 2.45) is 0 Å². The molecule has 0 aliphatic rings. The maximum Gasteiger partial charge on any atom is 0.272 e. The number of anilines is 2. The van der Waals surface area contributed by atoms with E-state index in [1.165, 1.54) is 18.9 Å². The van der Waals surface area contributed by atoms with Gasteiger partial charge >= 0.3 is 0 Å². The van der Waals surface area contributed by atoms with E-state index in [1.54, 1.807) is 84.9 Å². The second-order valence-corrected chi connectivity index (χ2v) is 10.8. The minimum Gasteiger partial charge on any atom is -0.496 e. The van der Waals surface area contributed by atoms with E-state index in [4.69, 9.17) is 16.3 Å². The number of hydrogen-bond acceptors (Lipinski definition) is 5. The van der Waals surface area contributed by atoms with Crippen LogP contribution in [0.4, 0.5) is 11.4 Å². The summed E-state index contributed by atoms with van der Waals surface area (Å²) in [6, 6.07) is 30.1. The van der Waals surface area contributed by atoms with Crippen molar-refractivity contribution in [2.45, 2.75) is 23.5 Å². The third-order valence-electron chi connectivity index (χ3n) is 6.13. The zero-order valence-corrected chi connectivity index (χ0v) is 24.7. The van der Waals surface area contributed by atoms with E-state index in [0.717, 1.165) is 4.90 Å². The van der Waals surface area contributed by atoms with E-state index in [-0.39, 0.29) is 11.6 Å². The topological polar surface area (TPSA) is 96.5 Å². The van der Waals surface area contributed by atoms with Crippen LogP contribution in [-0.2, 0) is 9.59 Å². The molecule has 4 aromatic rings. The van der Waals surface area contributed by atoms with Crippen LogP contribution in [0.25, 0.3) is 6.08 Å². The number of amides is 3. The number of methoxy groups -OCH3 is 1. The van der Waals surface area contributed by atoms with Crippen molar-refractivity contribution in [1.82, 2.24) is 5.32 Å². The van der Waals surface area contributed by atoms with Gasteiger partial charge in [-0.05, 0) is 61.0 Å². The number of halogens is 1. The van der Waals surface area contributed by atoms with E-state index in [1.807, 2.05) is 31.2 Å². The van der Waals surface area contributed by atoms with Crippen LogP contribution in [0.1, 0.15) is 29.3 Å². The first-order valence-electron chi connectivity index (χ1n) is 13.2. The Bertz CT molecular complexity index is 1590. The minimum absolute atomic E-state index is 0.0389. The lowest BCUT2D eigenvalue weighted by atomic mass is 10.1. The molecule has 0 radical (unpaired) electrons. The molecule has 4 rings (SSSR count). The molecule has 0 bridgehead atoms. The van der Waals surface area contributed by atoms with Gasteiger partial charge in [0, 0.05) is 21.7 Å². The summed E-state index contributed by atoms with van der Waals surface area (Å²) in [5.41, 5.74) is 2.13. The number of benzene rings is 4. The van der Waals surface area contributed by atoms with Gasteiger partial charge in [-0.3, -0.25) is 14.4 Å². The summed E-state index contributed by atoms with van der Waals surface area (Å²) in [5, 5.41) is 8.57. The van der Waals surface area contributed by atoms with Crippen LogP contribution in [0.5, 0.6) is 5.75 Å². The molecule has 0 aliphatic heterocycles. The highest BCUT2D eigenvalue weighted by molar-refractivity contribution is 8.00. The number of para-hydroxylation sites is 2. The van der Waals surface area contributed by atoms with Gasteiger partial charge in [0.2, 0.25) is 5.91 Å². The predicted molar refractivity (Wildman–Crippen MR) is 170 cm³/mol. The Morgan fingerprint density at radius 2 is 1.60 bits per heavy atom. The monoisotopic (exact) mass is 599 g/mol. The standard InChI is InChI=1S/C33H30ClN3O4S/c1-3-30(33(40)36-27-18-9-8-17-26(27)34)42-25-16-11-15-24(21-25)35-32(39)28(20-23-14-7-10-19-29(23)41-2)37-31(38)22-12-5-4-6-13-22/h4-21,30H,3H2,1-2H3,(H,35,39)(H,36,40)(H,37,38)/b28-20+. The Balaban J connectivity index is 1.53. The number of carbonyl (C=O) groups is 3. The molecule has 4 aromatic carbocycles. The molecular formula is C33H30ClN3O4S. The molecular weight excluding hydrogens is 570 g/mol. The van der Waals surface area contributed by atoms with E-state index >= 15 is 0 Å². The van der Waals surface area contributed by atoms with Gasteiger partial charge in [-0.25, -0.2) is 0 Å². The summed E-state index contributed by atoms with van der Waals surface area (Å²) in [5.74, 6) is -0.561. The van der Waals surface area contributed by atoms with Gasteiger partial charge in [-0.15, -0.1) is 11.8 Å². The number of thioether (sulfide) groups is 1. The third-order valence-corrected chi connectivity index (χ3v) is 7.82. The fraction of sp³-hybridized carbons (Fsp3) is 0.121. The lowest BCUT2D eigenvalue weighted by molar-refractivity contribution is -0.116. The molecule has 0 spiro atoms. The largest absolute Gasteiger partial charge is 0.496 e. The Morgan fingerprint density at radius 1 is 0.881 bits per heavy atom. The Hall–Kier alpha value is -4.53. The van der Waals surface area contributed by atoms with Crippen LogP contribution >= 0.6 is 23.4 Å². The van der Waals surface area contributed by atoms with Crippen LogP contribution < -0.4 is 20.7 Å². The fourth-order valence-electron chi connectivity index (χ4n) is 3.99. The Morgan fingerprint density at radius 3 is 2.33 bits per heavy atom. The van der Waals surface area contributed by atoms with Crippen LogP contribution in [0.3, 0.4) is 0 Å². The first-order valence-corrected chi connectivity index (χ1v) is 14.5. The molecule has 0 saturated carbocycles. The van der Waals surface area contributed by atoms with Crippen LogP contribution in [0, 0.1) is 0 Å². The predicted octanol–water partition coefficient (Wildman–Crippen LogP) is 7.27. The van der Waals surface area contributed by atoms with Crippen molar-refractivity contribution in [2.75, 3.05) is 17.7 Å². The first kappa shape index (κ1) is 30.4. The molecule has 1 unspecified atom stereocenters. The number of rotatable bonds is 11. The molecule has 3 amide bonds. The van der Waals surface area contributed by atoms with Gasteiger partial charge < -0.3 is 20.7 Å². The molecule has 9 heteroatoms. The van der Waals surface area contributed by atoms with Crippen LogP contribution in [0.15, 0.2) is 114 Å². The van der Waals surface area contributed by atoms with Gasteiger partial charge in [0.15, 0.2) is 0 Å². The van der Waals surface area contributed by atoms with Gasteiger partial charge in [0.05, 0.1) is 23.1 Å². The summed E-state index contributed by atoms with van der Waals surface area (Å²) in [4.78, 5) is 40.2. The average molecular weight is 600 g/mol. The van der Waals surface area contributed by atoms with Crippen molar-refractivity contribution >= 4 is 58.5 Å². The van der Waals surface area contributed by atoms with E-state index in [9.17, 15) is 14.4 Å². The molecule has 0 aromatic heterocycles. The fourth-order valence-corrected chi connectivity index (χ4v) is 5.19. The first-order chi connectivity index (χ1) is 20.4. The maximum absolute atomic E-state index is 13.5. The van der Waals surface area contributed by atoms with Gasteiger partial charge in [-0.1, -0.05) is 73.1 Å². The third kappa shape index (κ3) is 8.25. The summed E-state index contributed by atoms with van der Waals surface area (Å²) in [6.45, 7) is 1.93. The summed E-state index contributed by atoms with van der Waals surface area (Å²) in [7, 11) is 1.54. The highest BCUT2D eigenvalue weighted by atomic mass is 35.5. The maximum atomic E-state index is 13.5. The Labute approximate surface area is 254 Å². The van der Waals surface area contributed by atoms with Gasteiger partial charge in [0.1, 0.15) is 11.4 Å². The van der Waals surface area contributed by atoms with E-state index in [2.05, 4.69) is 16.0 Å². The van der Waals surface area contributed by atoms with Crippen molar-refractivity contribution < 1.29 is 19.1 Å². The molecule has 1 atom stereocenters. The Kier molecular flexibility index (Phi) is 10.8. The summed E-state index contributed by atoms with van der Waals surface area (Å²) in [6.07, 6.45) is 2.15. The number of hydrogen-bond donors (Lipinski definition) is 3. The highest BCUT2D eigenvalue weighted by Gasteiger charge is 2.20. The molecule has 3 N–H and O–H groups in total. The number of nitrogens with one attached hydrogen (secondary N) is 3. The molecule has 0 aliphatic carbocycles. The van der Waals surface area contributed by atoms with Crippen molar-refractivity contribution in [1.29, 1.82) is 0 Å². The summed E-state index contributed by atoms with van der Waals surface area (Å²) >= 11 is 7.59. The lowest BCUT2D eigenvalue weighted by Gasteiger charge is -2.16. The summed E-state index contributed by atoms with van der Waals surface area (Å²) < 4.78 is 5.43. The molecule has 0 heterocycles. The van der Waals surface area contributed by atoms with Crippen molar-refractivity contribution in [3.05, 3.63) is 125 Å². The quantitative estimate of drug-likeness (QED) is 0.124. The lowest BCUT2D eigenvalue weighted by Crippen LogP contribution is -2.30. The second-order valence-electron chi connectivity index (χ2n) is 9.09. The van der Waals surface area contributed by atoms with Crippen LogP contribution in [-0.4, -0.2) is 30.1 Å². The normalized spacial score (nSPS) is 11.7. The molecule has 0 fully saturated rings. The molecule has 7 nitrogen and oxygen atoms in total. The van der Waals surface area contributed by atoms with Gasteiger partial charge in [0.25, 0.3) is 11.8 Å². The van der Waals surface area contributed by atoms with E-state index in [0.29, 0.717) is 39.7 Å². The number of carbonyl (C=O) groups excluding carboxylic acids is 3. The minimum atomic E-state index is -0.518. The molecule has 0 saturated heterocycles. The zero-order valence-electron chi connectivity index (χ0n) is 23.1. The van der Waals surface area contributed by atoms with Crippen molar-refractivity contribution in [3.63, 3.8) is 0 Å². The zero-order chi connectivity index (χ0) is 29.9.